The molecule has 1 atom stereocenters. The van der Waals surface area contributed by atoms with Gasteiger partial charge in [0, 0.05) is 23.9 Å². The maximum atomic E-state index is 11.9. The molecule has 6 heteroatoms. The van der Waals surface area contributed by atoms with Gasteiger partial charge in [-0.2, -0.15) is 0 Å². The predicted octanol–water partition coefficient (Wildman–Crippen LogP) is 2.17. The second-order valence-electron chi connectivity index (χ2n) is 5.17. The highest BCUT2D eigenvalue weighted by atomic mass is 32.1. The Balaban J connectivity index is 1.76. The van der Waals surface area contributed by atoms with Crippen LogP contribution in [0.4, 0.5) is 4.79 Å². The minimum atomic E-state index is -0.791. The van der Waals surface area contributed by atoms with E-state index in [0.717, 1.165) is 6.42 Å². The molecule has 0 aromatic carbocycles. The zero-order valence-electron chi connectivity index (χ0n) is 11.8. The standard InChI is InChI=1S/C14H20N2O3S/c1-3-10-4-5-20-12(10)6-15-14(19)16-7-11(8-16)9(2)13(17)18/h4-5,9,11H,3,6-8H2,1-2H3,(H,15,19)(H,17,18). The number of thiophene rings is 1. The number of likely N-dealkylation sites (tertiary alicyclic amines) is 1. The molecule has 0 radical (unpaired) electrons. The number of nitrogens with one attached hydrogen (secondary N) is 1. The lowest BCUT2D eigenvalue weighted by Crippen LogP contribution is -2.56. The molecule has 110 valence electrons. The van der Waals surface area contributed by atoms with Gasteiger partial charge in [-0.3, -0.25) is 4.79 Å². The highest BCUT2D eigenvalue weighted by Gasteiger charge is 2.37. The summed E-state index contributed by atoms with van der Waals surface area (Å²) in [5.41, 5.74) is 1.27. The van der Waals surface area contributed by atoms with E-state index < -0.39 is 5.97 Å². The van der Waals surface area contributed by atoms with Crippen LogP contribution in [-0.4, -0.2) is 35.1 Å². The summed E-state index contributed by atoms with van der Waals surface area (Å²) in [5.74, 6) is -1.10. The van der Waals surface area contributed by atoms with Crippen LogP contribution >= 0.6 is 11.3 Å². The van der Waals surface area contributed by atoms with Crippen LogP contribution in [0.3, 0.4) is 0 Å². The summed E-state index contributed by atoms with van der Waals surface area (Å²) in [4.78, 5) is 25.6. The normalized spacial score (nSPS) is 16.6. The molecule has 0 bridgehead atoms. The molecule has 1 aromatic heterocycles. The first-order valence-electron chi connectivity index (χ1n) is 6.83. The largest absolute Gasteiger partial charge is 0.481 e. The van der Waals surface area contributed by atoms with Gasteiger partial charge in [0.1, 0.15) is 0 Å². The number of carboxylic acid groups (broad SMARTS) is 1. The molecule has 2 rings (SSSR count). The van der Waals surface area contributed by atoms with Crippen molar-refractivity contribution in [2.45, 2.75) is 26.8 Å². The van der Waals surface area contributed by atoms with Gasteiger partial charge in [0.25, 0.3) is 0 Å². The molecule has 0 saturated carbocycles. The first-order chi connectivity index (χ1) is 9.52. The first kappa shape index (κ1) is 14.8. The quantitative estimate of drug-likeness (QED) is 0.875. The smallest absolute Gasteiger partial charge is 0.317 e. The number of carbonyl (C=O) groups excluding carboxylic acids is 1. The zero-order chi connectivity index (χ0) is 14.7. The average Bonchev–Trinajstić information content (AvgIpc) is 2.81. The molecule has 1 aliphatic rings. The van der Waals surface area contributed by atoms with Crippen molar-refractivity contribution < 1.29 is 14.7 Å². The van der Waals surface area contributed by atoms with Gasteiger partial charge in [0.15, 0.2) is 0 Å². The number of carbonyl (C=O) groups is 2. The van der Waals surface area contributed by atoms with Gasteiger partial charge in [0.2, 0.25) is 0 Å². The summed E-state index contributed by atoms with van der Waals surface area (Å²) >= 11 is 1.65. The second-order valence-corrected chi connectivity index (χ2v) is 6.17. The maximum absolute atomic E-state index is 11.9. The number of aryl methyl sites for hydroxylation is 1. The molecule has 1 saturated heterocycles. The van der Waals surface area contributed by atoms with Crippen molar-refractivity contribution in [1.82, 2.24) is 10.2 Å². The molecule has 20 heavy (non-hydrogen) atoms. The van der Waals surface area contributed by atoms with E-state index in [0.29, 0.717) is 19.6 Å². The summed E-state index contributed by atoms with van der Waals surface area (Å²) in [5, 5.41) is 13.8. The van der Waals surface area contributed by atoms with Crippen LogP contribution < -0.4 is 5.32 Å². The zero-order valence-corrected chi connectivity index (χ0v) is 12.6. The molecule has 2 heterocycles. The maximum Gasteiger partial charge on any atom is 0.317 e. The molecule has 5 nitrogen and oxygen atoms in total. The highest BCUT2D eigenvalue weighted by molar-refractivity contribution is 7.10. The molecule has 0 spiro atoms. The molecule has 1 unspecified atom stereocenters. The Morgan fingerprint density at radius 2 is 2.25 bits per heavy atom. The Bertz CT molecular complexity index is 494. The van der Waals surface area contributed by atoms with Crippen LogP contribution in [-0.2, 0) is 17.8 Å². The van der Waals surface area contributed by atoms with Crippen LogP contribution in [0.1, 0.15) is 24.3 Å². The van der Waals surface area contributed by atoms with Gasteiger partial charge in [-0.25, -0.2) is 4.79 Å². The topological polar surface area (TPSA) is 69.6 Å². The highest BCUT2D eigenvalue weighted by Crippen LogP contribution is 2.24. The number of rotatable bonds is 5. The monoisotopic (exact) mass is 296 g/mol. The fourth-order valence-electron chi connectivity index (χ4n) is 2.30. The van der Waals surface area contributed by atoms with Crippen LogP contribution in [0.15, 0.2) is 11.4 Å². The van der Waals surface area contributed by atoms with Crippen molar-refractivity contribution in [3.8, 4) is 0 Å². The number of hydrogen-bond acceptors (Lipinski definition) is 3. The van der Waals surface area contributed by atoms with E-state index in [1.54, 1.807) is 23.2 Å². The van der Waals surface area contributed by atoms with Gasteiger partial charge < -0.3 is 15.3 Å². The third kappa shape index (κ3) is 3.12. The Hall–Kier alpha value is -1.56. The van der Waals surface area contributed by atoms with Gasteiger partial charge in [-0.05, 0) is 23.4 Å². The average molecular weight is 296 g/mol. The third-order valence-electron chi connectivity index (χ3n) is 3.91. The molecule has 0 aliphatic carbocycles. The number of carboxylic acids is 1. The van der Waals surface area contributed by atoms with E-state index in [-0.39, 0.29) is 17.9 Å². The fourth-order valence-corrected chi connectivity index (χ4v) is 3.22. The SMILES string of the molecule is CCc1ccsc1CNC(=O)N1CC(C(C)C(=O)O)C1. The van der Waals surface area contributed by atoms with Crippen LogP contribution in [0.25, 0.3) is 0 Å². The van der Waals surface area contributed by atoms with Crippen molar-refractivity contribution in [2.24, 2.45) is 11.8 Å². The van der Waals surface area contributed by atoms with Crippen LogP contribution in [0.5, 0.6) is 0 Å². The van der Waals surface area contributed by atoms with Gasteiger partial charge in [-0.1, -0.05) is 13.8 Å². The van der Waals surface area contributed by atoms with E-state index in [1.807, 2.05) is 5.38 Å². The van der Waals surface area contributed by atoms with Crippen molar-refractivity contribution in [1.29, 1.82) is 0 Å². The molecule has 1 aromatic rings. The number of aliphatic carboxylic acids is 1. The van der Waals surface area contributed by atoms with Gasteiger partial charge >= 0.3 is 12.0 Å². The van der Waals surface area contributed by atoms with E-state index in [2.05, 4.69) is 18.3 Å². The van der Waals surface area contributed by atoms with Crippen molar-refractivity contribution in [3.63, 3.8) is 0 Å². The summed E-state index contributed by atoms with van der Waals surface area (Å²) in [6.45, 7) is 5.41. The van der Waals surface area contributed by atoms with E-state index >= 15 is 0 Å². The molecule has 2 amide bonds. The minimum absolute atomic E-state index is 0.0752. The minimum Gasteiger partial charge on any atom is -0.481 e. The van der Waals surface area contributed by atoms with Crippen molar-refractivity contribution >= 4 is 23.3 Å². The van der Waals surface area contributed by atoms with E-state index in [9.17, 15) is 9.59 Å². The summed E-state index contributed by atoms with van der Waals surface area (Å²) in [6.07, 6.45) is 0.969. The third-order valence-corrected chi connectivity index (χ3v) is 4.88. The number of nitrogens with zero attached hydrogens (tertiary/aromatic N) is 1. The van der Waals surface area contributed by atoms with Crippen molar-refractivity contribution in [2.75, 3.05) is 13.1 Å². The molecular formula is C14H20N2O3S. The first-order valence-corrected chi connectivity index (χ1v) is 7.71. The molecule has 1 aliphatic heterocycles. The van der Waals surface area contributed by atoms with Gasteiger partial charge in [-0.15, -0.1) is 11.3 Å². The van der Waals surface area contributed by atoms with Crippen molar-refractivity contribution in [3.05, 3.63) is 21.9 Å². The fraction of sp³-hybridized carbons (Fsp3) is 0.571. The second kappa shape index (κ2) is 6.26. The lowest BCUT2D eigenvalue weighted by atomic mass is 9.87. The molecule has 2 N–H and O–H groups in total. The van der Waals surface area contributed by atoms with E-state index in [1.165, 1.54) is 10.4 Å². The number of hydrogen-bond donors (Lipinski definition) is 2. The molecular weight excluding hydrogens is 276 g/mol. The van der Waals surface area contributed by atoms with E-state index in [4.69, 9.17) is 5.11 Å². The summed E-state index contributed by atoms with van der Waals surface area (Å²) in [7, 11) is 0. The predicted molar refractivity (Wildman–Crippen MR) is 77.8 cm³/mol. The number of amides is 2. The number of urea groups is 1. The summed E-state index contributed by atoms with van der Waals surface area (Å²) < 4.78 is 0. The molecule has 1 fully saturated rings. The van der Waals surface area contributed by atoms with Gasteiger partial charge in [0.05, 0.1) is 12.5 Å². The van der Waals surface area contributed by atoms with Crippen LogP contribution in [0.2, 0.25) is 0 Å². The lowest BCUT2D eigenvalue weighted by Gasteiger charge is -2.41. The Morgan fingerprint density at radius 3 is 2.85 bits per heavy atom. The Labute approximate surface area is 122 Å². The summed E-state index contributed by atoms with van der Waals surface area (Å²) in [6, 6.07) is 1.98. The Kier molecular flexibility index (Phi) is 4.65. The Morgan fingerprint density at radius 1 is 1.55 bits per heavy atom. The van der Waals surface area contributed by atoms with Crippen LogP contribution in [0, 0.1) is 11.8 Å². The lowest BCUT2D eigenvalue weighted by molar-refractivity contribution is -0.144.